The Balaban J connectivity index is 2.73. The molecule has 0 radical (unpaired) electrons. The Hall–Kier alpha value is -1.57. The molecule has 0 N–H and O–H groups in total. The fourth-order valence-corrected chi connectivity index (χ4v) is 3.07. The molecular formula is C16H21NO. The highest BCUT2D eigenvalue weighted by Gasteiger charge is 2.31. The molecule has 2 heteroatoms. The van der Waals surface area contributed by atoms with E-state index in [0.717, 1.165) is 18.4 Å². The van der Waals surface area contributed by atoms with Gasteiger partial charge in [-0.15, -0.1) is 0 Å². The first-order chi connectivity index (χ1) is 8.40. The number of allylic oxidation sites excluding steroid dienone is 1. The molecule has 0 amide bonds. The van der Waals surface area contributed by atoms with Crippen molar-refractivity contribution in [1.29, 1.82) is 0 Å². The summed E-state index contributed by atoms with van der Waals surface area (Å²) in [7, 11) is 0. The number of aryl methyl sites for hydroxylation is 1. The second-order valence-electron chi connectivity index (χ2n) is 5.58. The van der Waals surface area contributed by atoms with Crippen molar-refractivity contribution in [1.82, 2.24) is 0 Å². The van der Waals surface area contributed by atoms with Crippen molar-refractivity contribution in [2.24, 2.45) is 0 Å². The quantitative estimate of drug-likeness (QED) is 0.736. The lowest BCUT2D eigenvalue weighted by Gasteiger charge is -2.43. The van der Waals surface area contributed by atoms with Crippen molar-refractivity contribution < 1.29 is 4.79 Å². The van der Waals surface area contributed by atoms with Gasteiger partial charge in [0.05, 0.1) is 5.54 Å². The molecule has 2 rings (SSSR count). The third-order valence-corrected chi connectivity index (χ3v) is 3.74. The highest BCUT2D eigenvalue weighted by atomic mass is 16.1. The molecule has 96 valence electrons. The van der Waals surface area contributed by atoms with Crippen LogP contribution in [0.4, 0.5) is 5.69 Å². The molecular weight excluding hydrogens is 222 g/mol. The SMILES string of the molecule is CCN1c2c(C)cc(C=O)cc2C(C)=CC1(C)C. The van der Waals surface area contributed by atoms with Crippen LogP contribution >= 0.6 is 0 Å². The van der Waals surface area contributed by atoms with E-state index in [9.17, 15) is 4.79 Å². The van der Waals surface area contributed by atoms with Gasteiger partial charge in [-0.05, 0) is 57.9 Å². The summed E-state index contributed by atoms with van der Waals surface area (Å²) in [5.41, 5.74) is 5.68. The number of likely N-dealkylation sites (N-methyl/N-ethyl adjacent to an activating group) is 1. The normalized spacial score (nSPS) is 17.2. The Kier molecular flexibility index (Phi) is 3.05. The van der Waals surface area contributed by atoms with Gasteiger partial charge < -0.3 is 4.90 Å². The molecule has 2 nitrogen and oxygen atoms in total. The summed E-state index contributed by atoms with van der Waals surface area (Å²) >= 11 is 0. The van der Waals surface area contributed by atoms with E-state index in [2.05, 4.69) is 45.6 Å². The van der Waals surface area contributed by atoms with Crippen LogP contribution in [-0.2, 0) is 0 Å². The summed E-state index contributed by atoms with van der Waals surface area (Å²) in [5.74, 6) is 0. The molecule has 1 aromatic rings. The number of aldehydes is 1. The number of hydrogen-bond acceptors (Lipinski definition) is 2. The minimum Gasteiger partial charge on any atom is -0.363 e. The molecule has 0 atom stereocenters. The van der Waals surface area contributed by atoms with Crippen molar-refractivity contribution in [2.75, 3.05) is 11.4 Å². The summed E-state index contributed by atoms with van der Waals surface area (Å²) in [4.78, 5) is 13.4. The molecule has 0 saturated carbocycles. The molecule has 0 bridgehead atoms. The first-order valence-corrected chi connectivity index (χ1v) is 6.48. The summed E-state index contributed by atoms with van der Waals surface area (Å²) in [6, 6.07) is 3.97. The van der Waals surface area contributed by atoms with E-state index >= 15 is 0 Å². The maximum atomic E-state index is 11.0. The van der Waals surface area contributed by atoms with E-state index in [1.54, 1.807) is 0 Å². The largest absolute Gasteiger partial charge is 0.363 e. The summed E-state index contributed by atoms with van der Waals surface area (Å²) in [6.45, 7) is 11.8. The number of fused-ring (bicyclic) bond motifs is 1. The van der Waals surface area contributed by atoms with Crippen LogP contribution in [0.2, 0.25) is 0 Å². The van der Waals surface area contributed by atoms with Crippen molar-refractivity contribution >= 4 is 17.5 Å². The Morgan fingerprint density at radius 3 is 2.50 bits per heavy atom. The van der Waals surface area contributed by atoms with E-state index < -0.39 is 0 Å². The maximum absolute atomic E-state index is 11.0. The number of nitrogens with zero attached hydrogens (tertiary/aromatic N) is 1. The van der Waals surface area contributed by atoms with E-state index in [1.165, 1.54) is 22.4 Å². The molecule has 1 aromatic carbocycles. The number of rotatable bonds is 2. The number of carbonyl (C=O) groups is 1. The average Bonchev–Trinajstić information content (AvgIpc) is 2.29. The van der Waals surface area contributed by atoms with Gasteiger partial charge in [0, 0.05) is 23.4 Å². The zero-order valence-corrected chi connectivity index (χ0v) is 11.9. The fraction of sp³-hybridized carbons (Fsp3) is 0.438. The Bertz CT molecular complexity index is 526. The van der Waals surface area contributed by atoms with E-state index in [-0.39, 0.29) is 5.54 Å². The first-order valence-electron chi connectivity index (χ1n) is 6.48. The fourth-order valence-electron chi connectivity index (χ4n) is 3.07. The predicted octanol–water partition coefficient (Wildman–Crippen LogP) is 3.83. The van der Waals surface area contributed by atoms with Crippen LogP contribution in [0.3, 0.4) is 0 Å². The van der Waals surface area contributed by atoms with Gasteiger partial charge in [-0.1, -0.05) is 6.08 Å². The summed E-state index contributed by atoms with van der Waals surface area (Å²) in [6.07, 6.45) is 3.21. The Morgan fingerprint density at radius 2 is 1.94 bits per heavy atom. The lowest BCUT2D eigenvalue weighted by Crippen LogP contribution is -2.45. The van der Waals surface area contributed by atoms with Gasteiger partial charge in [-0.25, -0.2) is 0 Å². The molecule has 0 aromatic heterocycles. The van der Waals surface area contributed by atoms with Crippen molar-refractivity contribution in [2.45, 2.75) is 40.2 Å². The minimum absolute atomic E-state index is 0.0271. The lowest BCUT2D eigenvalue weighted by atomic mass is 9.86. The molecule has 18 heavy (non-hydrogen) atoms. The second kappa shape index (κ2) is 4.27. The van der Waals surface area contributed by atoms with Gasteiger partial charge in [-0.3, -0.25) is 4.79 Å². The zero-order valence-electron chi connectivity index (χ0n) is 11.9. The molecule has 1 aliphatic rings. The molecule has 0 saturated heterocycles. The van der Waals surface area contributed by atoms with Crippen molar-refractivity contribution in [3.05, 3.63) is 34.9 Å². The predicted molar refractivity (Wildman–Crippen MR) is 77.3 cm³/mol. The molecule has 0 aliphatic carbocycles. The topological polar surface area (TPSA) is 20.3 Å². The third kappa shape index (κ3) is 1.86. The third-order valence-electron chi connectivity index (χ3n) is 3.74. The van der Waals surface area contributed by atoms with E-state index in [4.69, 9.17) is 0 Å². The monoisotopic (exact) mass is 243 g/mol. The van der Waals surface area contributed by atoms with Gasteiger partial charge >= 0.3 is 0 Å². The first kappa shape index (κ1) is 12.9. The van der Waals surface area contributed by atoms with Gasteiger partial charge in [0.2, 0.25) is 0 Å². The molecule has 1 aliphatic heterocycles. The zero-order chi connectivity index (χ0) is 13.5. The van der Waals surface area contributed by atoms with Gasteiger partial charge in [-0.2, -0.15) is 0 Å². The van der Waals surface area contributed by atoms with Crippen molar-refractivity contribution in [3.63, 3.8) is 0 Å². The highest BCUT2D eigenvalue weighted by Crippen LogP contribution is 2.41. The standard InChI is InChI=1S/C16H21NO/c1-6-17-15-11(2)7-13(10-18)8-14(15)12(3)9-16(17,4)5/h7-10H,6H2,1-5H3. The number of carbonyl (C=O) groups excluding carboxylic acids is 1. The molecule has 0 fully saturated rings. The molecule has 0 unspecified atom stereocenters. The van der Waals surface area contributed by atoms with Gasteiger partial charge in [0.1, 0.15) is 6.29 Å². The van der Waals surface area contributed by atoms with E-state index in [1.807, 2.05) is 12.1 Å². The van der Waals surface area contributed by atoms with Crippen LogP contribution in [0, 0.1) is 6.92 Å². The summed E-state index contributed by atoms with van der Waals surface area (Å²) in [5, 5.41) is 0. The van der Waals surface area contributed by atoms with Crippen LogP contribution in [0.15, 0.2) is 18.2 Å². The smallest absolute Gasteiger partial charge is 0.150 e. The maximum Gasteiger partial charge on any atom is 0.150 e. The second-order valence-corrected chi connectivity index (χ2v) is 5.58. The Morgan fingerprint density at radius 1 is 1.28 bits per heavy atom. The molecule has 0 spiro atoms. The van der Waals surface area contributed by atoms with Crippen LogP contribution in [-0.4, -0.2) is 18.4 Å². The summed E-state index contributed by atoms with van der Waals surface area (Å²) < 4.78 is 0. The van der Waals surface area contributed by atoms with E-state index in [0.29, 0.717) is 0 Å². The van der Waals surface area contributed by atoms with Crippen LogP contribution in [0.5, 0.6) is 0 Å². The minimum atomic E-state index is 0.0271. The van der Waals surface area contributed by atoms with Gasteiger partial charge in [0.15, 0.2) is 0 Å². The number of benzene rings is 1. The highest BCUT2D eigenvalue weighted by molar-refractivity contribution is 5.87. The van der Waals surface area contributed by atoms with Gasteiger partial charge in [0.25, 0.3) is 0 Å². The van der Waals surface area contributed by atoms with Crippen LogP contribution < -0.4 is 4.90 Å². The van der Waals surface area contributed by atoms with Crippen LogP contribution in [0.25, 0.3) is 5.57 Å². The Labute approximate surface area is 109 Å². The number of anilines is 1. The average molecular weight is 243 g/mol. The lowest BCUT2D eigenvalue weighted by molar-refractivity contribution is 0.112. The van der Waals surface area contributed by atoms with Crippen LogP contribution in [0.1, 0.15) is 49.2 Å². The van der Waals surface area contributed by atoms with Crippen molar-refractivity contribution in [3.8, 4) is 0 Å². The molecule has 1 heterocycles. The number of hydrogen-bond donors (Lipinski definition) is 0.